The summed E-state index contributed by atoms with van der Waals surface area (Å²) in [4.78, 5) is 1.66. The molecule has 0 radical (unpaired) electrons. The van der Waals surface area contributed by atoms with E-state index in [1.807, 2.05) is 37.3 Å². The molecule has 0 aliphatic heterocycles. The molecule has 0 fully saturated rings. The maximum absolute atomic E-state index is 14.0. The Labute approximate surface area is 125 Å². The van der Waals surface area contributed by atoms with Gasteiger partial charge in [0, 0.05) is 15.4 Å². The molecule has 1 atom stereocenters. The zero-order chi connectivity index (χ0) is 13.8. The number of nitrogens with two attached hydrogens (primary N) is 1. The van der Waals surface area contributed by atoms with Crippen molar-refractivity contribution in [2.75, 3.05) is 0 Å². The largest absolute Gasteiger partial charge is 0.328 e. The normalized spacial score (nSPS) is 12.4. The third-order valence-corrected chi connectivity index (χ3v) is 4.83. The van der Waals surface area contributed by atoms with Crippen LogP contribution in [0.4, 0.5) is 4.39 Å². The van der Waals surface area contributed by atoms with Gasteiger partial charge in [0.05, 0.1) is 4.90 Å². The van der Waals surface area contributed by atoms with E-state index in [0.29, 0.717) is 11.3 Å². The zero-order valence-corrected chi connectivity index (χ0v) is 13.0. The Balaban J connectivity index is 2.36. The smallest absolute Gasteiger partial charge is 0.137 e. The molecule has 2 N–H and O–H groups in total. The first-order chi connectivity index (χ1) is 9.08. The van der Waals surface area contributed by atoms with Crippen molar-refractivity contribution in [3.05, 3.63) is 58.3 Å². The Morgan fingerprint density at radius 1 is 1.21 bits per heavy atom. The van der Waals surface area contributed by atoms with Gasteiger partial charge in [0.1, 0.15) is 5.82 Å². The molecule has 2 rings (SSSR count). The van der Waals surface area contributed by atoms with E-state index < -0.39 is 0 Å². The van der Waals surface area contributed by atoms with E-state index in [2.05, 4.69) is 15.9 Å². The summed E-state index contributed by atoms with van der Waals surface area (Å²) >= 11 is 4.92. The zero-order valence-electron chi connectivity index (χ0n) is 10.6. The maximum Gasteiger partial charge on any atom is 0.137 e. The van der Waals surface area contributed by atoms with E-state index in [1.165, 1.54) is 17.8 Å². The molecule has 19 heavy (non-hydrogen) atoms. The molecule has 0 saturated carbocycles. The van der Waals surface area contributed by atoms with Gasteiger partial charge in [0.25, 0.3) is 0 Å². The number of hydrogen-bond donors (Lipinski definition) is 1. The van der Waals surface area contributed by atoms with Crippen molar-refractivity contribution < 1.29 is 4.39 Å². The van der Waals surface area contributed by atoms with Crippen LogP contribution in [0.5, 0.6) is 0 Å². The van der Waals surface area contributed by atoms with Crippen molar-refractivity contribution >= 4 is 27.7 Å². The summed E-state index contributed by atoms with van der Waals surface area (Å²) in [6.07, 6.45) is 0.671. The molecule has 2 aromatic rings. The molecule has 1 unspecified atom stereocenters. The number of rotatable bonds is 4. The number of halogens is 2. The van der Waals surface area contributed by atoms with Crippen molar-refractivity contribution in [1.82, 2.24) is 0 Å². The van der Waals surface area contributed by atoms with E-state index >= 15 is 0 Å². The summed E-state index contributed by atoms with van der Waals surface area (Å²) in [5.41, 5.74) is 6.78. The molecule has 0 aliphatic carbocycles. The minimum Gasteiger partial charge on any atom is -0.328 e. The van der Waals surface area contributed by atoms with Crippen molar-refractivity contribution in [1.29, 1.82) is 0 Å². The van der Waals surface area contributed by atoms with Crippen LogP contribution in [0.2, 0.25) is 0 Å². The first kappa shape index (κ1) is 14.6. The van der Waals surface area contributed by atoms with Crippen LogP contribution in [-0.4, -0.2) is 6.04 Å². The topological polar surface area (TPSA) is 26.0 Å². The quantitative estimate of drug-likeness (QED) is 0.878. The molecule has 0 spiro atoms. The lowest BCUT2D eigenvalue weighted by Crippen LogP contribution is -2.18. The molecule has 0 aromatic heterocycles. The Hall–Kier alpha value is -0.840. The van der Waals surface area contributed by atoms with Crippen LogP contribution in [0.1, 0.15) is 12.5 Å². The van der Waals surface area contributed by atoms with Crippen molar-refractivity contribution in [2.24, 2.45) is 5.73 Å². The molecule has 0 bridgehead atoms. The summed E-state index contributed by atoms with van der Waals surface area (Å²) in [5, 5.41) is 0. The lowest BCUT2D eigenvalue weighted by Gasteiger charge is -2.13. The van der Waals surface area contributed by atoms with Gasteiger partial charge in [-0.05, 0) is 53.0 Å². The number of benzene rings is 2. The summed E-state index contributed by atoms with van der Waals surface area (Å²) in [6.45, 7) is 1.93. The van der Waals surface area contributed by atoms with Crippen LogP contribution < -0.4 is 5.73 Å². The van der Waals surface area contributed by atoms with Crippen LogP contribution in [0.25, 0.3) is 0 Å². The standard InChI is InChI=1S/C15H15BrFNS/c1-10(18)9-11-5-4-7-13(17)15(11)19-14-8-3-2-6-12(14)16/h2-8,10H,9,18H2,1H3. The van der Waals surface area contributed by atoms with Gasteiger partial charge in [-0.15, -0.1) is 0 Å². The number of hydrogen-bond acceptors (Lipinski definition) is 2. The van der Waals surface area contributed by atoms with E-state index in [-0.39, 0.29) is 11.9 Å². The monoisotopic (exact) mass is 339 g/mol. The summed E-state index contributed by atoms with van der Waals surface area (Å²) in [5.74, 6) is -0.195. The lowest BCUT2D eigenvalue weighted by molar-refractivity contribution is 0.593. The van der Waals surface area contributed by atoms with Gasteiger partial charge in [-0.2, -0.15) is 0 Å². The molecule has 0 heterocycles. The molecular weight excluding hydrogens is 325 g/mol. The lowest BCUT2D eigenvalue weighted by atomic mass is 10.1. The fourth-order valence-electron chi connectivity index (χ4n) is 1.81. The summed E-state index contributed by atoms with van der Waals surface area (Å²) < 4.78 is 15.0. The molecule has 0 saturated heterocycles. The highest BCUT2D eigenvalue weighted by atomic mass is 79.9. The summed E-state index contributed by atoms with van der Waals surface area (Å²) in [7, 11) is 0. The SMILES string of the molecule is CC(N)Cc1cccc(F)c1Sc1ccccc1Br. The second-order valence-corrected chi connectivity index (χ2v) is 6.35. The second kappa shape index (κ2) is 6.55. The van der Waals surface area contributed by atoms with Gasteiger partial charge in [0.15, 0.2) is 0 Å². The highest BCUT2D eigenvalue weighted by Gasteiger charge is 2.12. The molecule has 1 nitrogen and oxygen atoms in total. The van der Waals surface area contributed by atoms with Gasteiger partial charge in [0.2, 0.25) is 0 Å². The van der Waals surface area contributed by atoms with Crippen molar-refractivity contribution in [3.8, 4) is 0 Å². The molecule has 100 valence electrons. The van der Waals surface area contributed by atoms with E-state index in [9.17, 15) is 4.39 Å². The first-order valence-corrected chi connectivity index (χ1v) is 7.64. The minimum absolute atomic E-state index is 0.0142. The average Bonchev–Trinajstić information content (AvgIpc) is 2.35. The average molecular weight is 340 g/mol. The highest BCUT2D eigenvalue weighted by molar-refractivity contribution is 9.10. The van der Waals surface area contributed by atoms with Gasteiger partial charge in [-0.25, -0.2) is 4.39 Å². The Bertz CT molecular complexity index is 572. The molecule has 0 aliphatic rings. The van der Waals surface area contributed by atoms with E-state index in [1.54, 1.807) is 6.07 Å². The third-order valence-electron chi connectivity index (χ3n) is 2.64. The predicted molar refractivity (Wildman–Crippen MR) is 82.0 cm³/mol. The van der Waals surface area contributed by atoms with Crippen LogP contribution in [-0.2, 0) is 6.42 Å². The highest BCUT2D eigenvalue weighted by Crippen LogP contribution is 2.37. The second-order valence-electron chi connectivity index (χ2n) is 4.44. The minimum atomic E-state index is -0.195. The Kier molecular flexibility index (Phi) is 5.02. The third kappa shape index (κ3) is 3.81. The van der Waals surface area contributed by atoms with Crippen LogP contribution >= 0.6 is 27.7 Å². The van der Waals surface area contributed by atoms with Crippen LogP contribution in [0.15, 0.2) is 56.7 Å². The molecule has 2 aromatic carbocycles. The van der Waals surface area contributed by atoms with E-state index in [4.69, 9.17) is 5.73 Å². The maximum atomic E-state index is 14.0. The van der Waals surface area contributed by atoms with Crippen molar-refractivity contribution in [3.63, 3.8) is 0 Å². The predicted octanol–water partition coefficient (Wildman–Crippen LogP) is 4.63. The van der Waals surface area contributed by atoms with E-state index in [0.717, 1.165) is 14.9 Å². The fourth-order valence-corrected chi connectivity index (χ4v) is 3.32. The van der Waals surface area contributed by atoms with Crippen LogP contribution in [0, 0.1) is 5.82 Å². The Morgan fingerprint density at radius 2 is 1.95 bits per heavy atom. The summed E-state index contributed by atoms with van der Waals surface area (Å²) in [6, 6.07) is 13.0. The fraction of sp³-hybridized carbons (Fsp3) is 0.200. The molecule has 0 amide bonds. The van der Waals surface area contributed by atoms with Gasteiger partial charge >= 0.3 is 0 Å². The van der Waals surface area contributed by atoms with Crippen molar-refractivity contribution in [2.45, 2.75) is 29.2 Å². The molecular formula is C15H15BrFNS. The van der Waals surface area contributed by atoms with Gasteiger partial charge in [-0.1, -0.05) is 36.0 Å². The molecule has 4 heteroatoms. The first-order valence-electron chi connectivity index (χ1n) is 6.03. The Morgan fingerprint density at radius 3 is 2.63 bits per heavy atom. The van der Waals surface area contributed by atoms with Gasteiger partial charge < -0.3 is 5.73 Å². The van der Waals surface area contributed by atoms with Gasteiger partial charge in [-0.3, -0.25) is 0 Å². The van der Waals surface area contributed by atoms with Crippen LogP contribution in [0.3, 0.4) is 0 Å².